The average molecular weight is 271 g/mol. The molecule has 0 spiro atoms. The van der Waals surface area contributed by atoms with E-state index in [0.29, 0.717) is 0 Å². The summed E-state index contributed by atoms with van der Waals surface area (Å²) in [5, 5.41) is 0. The number of nitrogens with zero attached hydrogens (tertiary/aromatic N) is 1. The molecule has 0 amide bonds. The smallest absolute Gasteiger partial charge is 0.294 e. The van der Waals surface area contributed by atoms with E-state index in [1.165, 1.54) is 18.6 Å². The van der Waals surface area contributed by atoms with Crippen molar-refractivity contribution in [3.05, 3.63) is 29.8 Å². The average Bonchev–Trinajstić information content (AvgIpc) is 2.27. The van der Waals surface area contributed by atoms with E-state index in [0.717, 1.165) is 31.4 Å². The highest BCUT2D eigenvalue weighted by Gasteiger charge is 2.08. The molecule has 0 aliphatic rings. The van der Waals surface area contributed by atoms with Crippen LogP contribution in [0.15, 0.2) is 29.2 Å². The highest BCUT2D eigenvalue weighted by atomic mass is 32.2. The molecule has 0 saturated heterocycles. The molecule has 0 fully saturated rings. The normalized spacial score (nSPS) is 12.0. The summed E-state index contributed by atoms with van der Waals surface area (Å²) in [6, 6.07) is 6.42. The molecule has 1 aromatic rings. The van der Waals surface area contributed by atoms with Crippen molar-refractivity contribution >= 4 is 10.1 Å². The number of rotatable bonds is 7. The summed E-state index contributed by atoms with van der Waals surface area (Å²) in [6.45, 7) is 1.10. The molecule has 18 heavy (non-hydrogen) atoms. The van der Waals surface area contributed by atoms with E-state index in [9.17, 15) is 8.42 Å². The Balaban J connectivity index is 2.36. The summed E-state index contributed by atoms with van der Waals surface area (Å²) in [6.07, 6.45) is 4.38. The van der Waals surface area contributed by atoms with E-state index in [1.807, 2.05) is 0 Å². The van der Waals surface area contributed by atoms with Crippen LogP contribution in [0.25, 0.3) is 0 Å². The van der Waals surface area contributed by atoms with E-state index in [-0.39, 0.29) is 4.90 Å². The third-order valence-electron chi connectivity index (χ3n) is 2.79. The van der Waals surface area contributed by atoms with E-state index in [2.05, 4.69) is 19.0 Å². The van der Waals surface area contributed by atoms with Crippen LogP contribution in [0, 0.1) is 0 Å². The molecule has 5 heteroatoms. The van der Waals surface area contributed by atoms with Crippen LogP contribution in [0.4, 0.5) is 0 Å². The summed E-state index contributed by atoms with van der Waals surface area (Å²) in [7, 11) is 0.0633. The molecule has 0 atom stereocenters. The quantitative estimate of drug-likeness (QED) is 0.610. The van der Waals surface area contributed by atoms with Gasteiger partial charge in [-0.2, -0.15) is 8.42 Å². The summed E-state index contributed by atoms with van der Waals surface area (Å²) < 4.78 is 30.6. The van der Waals surface area contributed by atoms with Gasteiger partial charge in [0.2, 0.25) is 0 Å². The van der Waals surface area contributed by atoms with Crippen LogP contribution in [0.3, 0.4) is 0 Å². The summed E-state index contributed by atoms with van der Waals surface area (Å²) >= 11 is 0. The zero-order chi connectivity index (χ0) is 13.6. The van der Waals surface area contributed by atoms with Crippen molar-refractivity contribution in [1.82, 2.24) is 4.90 Å². The predicted molar refractivity (Wildman–Crippen MR) is 72.4 cm³/mol. The van der Waals surface area contributed by atoms with Gasteiger partial charge in [0.1, 0.15) is 0 Å². The van der Waals surface area contributed by atoms with Crippen LogP contribution in [-0.4, -0.2) is 38.5 Å². The Hall–Kier alpha value is -0.910. The largest absolute Gasteiger partial charge is 0.309 e. The first-order valence-corrected chi connectivity index (χ1v) is 7.55. The monoisotopic (exact) mass is 271 g/mol. The van der Waals surface area contributed by atoms with Crippen LogP contribution in [-0.2, 0) is 16.5 Å². The predicted octanol–water partition coefficient (Wildman–Crippen LogP) is 2.21. The molecule has 0 aliphatic carbocycles. The minimum absolute atomic E-state index is 0.0427. The maximum Gasteiger partial charge on any atom is 0.294 e. The van der Waals surface area contributed by atoms with E-state index in [1.54, 1.807) is 12.1 Å². The molecular formula is C13H21NO3S. The van der Waals surface area contributed by atoms with Gasteiger partial charge >= 0.3 is 0 Å². The minimum Gasteiger partial charge on any atom is -0.309 e. The van der Waals surface area contributed by atoms with Gasteiger partial charge in [-0.15, -0.1) is 0 Å². The highest BCUT2D eigenvalue weighted by Crippen LogP contribution is 2.12. The van der Waals surface area contributed by atoms with Crippen LogP contribution >= 0.6 is 0 Å². The topological polar surface area (TPSA) is 57.6 Å². The van der Waals surface area contributed by atoms with Crippen LogP contribution in [0.5, 0.6) is 0 Å². The SMILES string of the molecule is CN(C)CCCCCc1ccc(S(=O)(=O)O)cc1. The number of benzene rings is 1. The standard InChI is InChI=1S/C13H21NO3S/c1-14(2)11-5-3-4-6-12-7-9-13(10-8-12)18(15,16)17/h7-10H,3-6,11H2,1-2H3,(H,15,16,17). The minimum atomic E-state index is -4.06. The molecule has 4 nitrogen and oxygen atoms in total. The first kappa shape index (κ1) is 15.1. The van der Waals surface area contributed by atoms with Crippen molar-refractivity contribution in [2.75, 3.05) is 20.6 Å². The van der Waals surface area contributed by atoms with Crippen molar-refractivity contribution in [2.24, 2.45) is 0 Å². The Kier molecular flexibility index (Phi) is 5.78. The van der Waals surface area contributed by atoms with Gasteiger partial charge in [-0.05, 0) is 57.6 Å². The van der Waals surface area contributed by atoms with Gasteiger partial charge in [-0.25, -0.2) is 0 Å². The molecule has 0 radical (unpaired) electrons. The fourth-order valence-electron chi connectivity index (χ4n) is 1.76. The molecule has 0 saturated carbocycles. The van der Waals surface area contributed by atoms with Crippen molar-refractivity contribution in [2.45, 2.75) is 30.6 Å². The summed E-state index contributed by atoms with van der Waals surface area (Å²) in [5.74, 6) is 0. The molecule has 0 heterocycles. The molecular weight excluding hydrogens is 250 g/mol. The molecule has 1 aromatic carbocycles. The lowest BCUT2D eigenvalue weighted by atomic mass is 10.1. The number of unbranched alkanes of at least 4 members (excludes halogenated alkanes) is 2. The Morgan fingerprint density at radius 2 is 1.67 bits per heavy atom. The lowest BCUT2D eigenvalue weighted by molar-refractivity contribution is 0.391. The van der Waals surface area contributed by atoms with E-state index < -0.39 is 10.1 Å². The fourth-order valence-corrected chi connectivity index (χ4v) is 2.24. The molecule has 0 unspecified atom stereocenters. The Labute approximate surface area is 109 Å². The van der Waals surface area contributed by atoms with Gasteiger partial charge in [-0.3, -0.25) is 4.55 Å². The van der Waals surface area contributed by atoms with Gasteiger partial charge in [0.05, 0.1) is 4.90 Å². The van der Waals surface area contributed by atoms with Gasteiger partial charge in [0, 0.05) is 0 Å². The zero-order valence-corrected chi connectivity index (χ0v) is 11.8. The second-order valence-corrected chi connectivity index (χ2v) is 6.15. The van der Waals surface area contributed by atoms with E-state index >= 15 is 0 Å². The molecule has 1 rings (SSSR count). The lowest BCUT2D eigenvalue weighted by Crippen LogP contribution is -2.12. The third kappa shape index (κ3) is 5.62. The Morgan fingerprint density at radius 1 is 1.06 bits per heavy atom. The summed E-state index contributed by atoms with van der Waals surface area (Å²) in [5.41, 5.74) is 1.10. The van der Waals surface area contributed by atoms with Crippen LogP contribution in [0.2, 0.25) is 0 Å². The van der Waals surface area contributed by atoms with E-state index in [4.69, 9.17) is 4.55 Å². The van der Waals surface area contributed by atoms with Gasteiger partial charge in [0.25, 0.3) is 10.1 Å². The number of hydrogen-bond donors (Lipinski definition) is 1. The molecule has 0 bridgehead atoms. The molecule has 0 aromatic heterocycles. The van der Waals surface area contributed by atoms with Gasteiger partial charge in [0.15, 0.2) is 0 Å². The second-order valence-electron chi connectivity index (χ2n) is 4.73. The van der Waals surface area contributed by atoms with Crippen LogP contribution in [0.1, 0.15) is 24.8 Å². The first-order chi connectivity index (χ1) is 8.39. The maximum atomic E-state index is 10.9. The van der Waals surface area contributed by atoms with Crippen molar-refractivity contribution in [3.63, 3.8) is 0 Å². The Morgan fingerprint density at radius 3 is 2.17 bits per heavy atom. The fraction of sp³-hybridized carbons (Fsp3) is 0.538. The highest BCUT2D eigenvalue weighted by molar-refractivity contribution is 7.85. The number of aryl methyl sites for hydroxylation is 1. The Bertz CT molecular complexity index is 452. The van der Waals surface area contributed by atoms with Crippen molar-refractivity contribution in [3.8, 4) is 0 Å². The third-order valence-corrected chi connectivity index (χ3v) is 3.66. The second kappa shape index (κ2) is 6.87. The van der Waals surface area contributed by atoms with Gasteiger partial charge < -0.3 is 4.90 Å². The maximum absolute atomic E-state index is 10.9. The zero-order valence-electron chi connectivity index (χ0n) is 11.0. The molecule has 1 N–H and O–H groups in total. The first-order valence-electron chi connectivity index (χ1n) is 6.11. The number of hydrogen-bond acceptors (Lipinski definition) is 3. The van der Waals surface area contributed by atoms with Crippen LogP contribution < -0.4 is 0 Å². The van der Waals surface area contributed by atoms with Crippen molar-refractivity contribution in [1.29, 1.82) is 0 Å². The lowest BCUT2D eigenvalue weighted by Gasteiger charge is -2.08. The molecule has 0 aliphatic heterocycles. The molecule has 102 valence electrons. The van der Waals surface area contributed by atoms with Gasteiger partial charge in [-0.1, -0.05) is 18.6 Å². The van der Waals surface area contributed by atoms with Crippen molar-refractivity contribution < 1.29 is 13.0 Å². The summed E-state index contributed by atoms with van der Waals surface area (Å²) in [4.78, 5) is 2.12.